The Bertz CT molecular complexity index is 1040. The van der Waals surface area contributed by atoms with Crippen molar-refractivity contribution < 1.29 is 4.92 Å². The molecule has 7 nitrogen and oxygen atoms in total. The van der Waals surface area contributed by atoms with E-state index in [-0.39, 0.29) is 11.2 Å². The van der Waals surface area contributed by atoms with Crippen molar-refractivity contribution in [3.63, 3.8) is 0 Å². The van der Waals surface area contributed by atoms with Crippen LogP contribution < -0.4 is 5.56 Å². The quantitative estimate of drug-likeness (QED) is 0.438. The van der Waals surface area contributed by atoms with Gasteiger partial charge in [-0.15, -0.1) is 0 Å². The predicted octanol–water partition coefficient (Wildman–Crippen LogP) is 3.79. The van der Waals surface area contributed by atoms with E-state index in [1.165, 1.54) is 23.0 Å². The summed E-state index contributed by atoms with van der Waals surface area (Å²) in [6.45, 7) is 1.75. The van der Waals surface area contributed by atoms with Gasteiger partial charge in [0.15, 0.2) is 0 Å². The Morgan fingerprint density at radius 2 is 2.00 bits per heavy atom. The molecule has 25 heavy (non-hydrogen) atoms. The maximum atomic E-state index is 12.6. The van der Waals surface area contributed by atoms with E-state index in [0.29, 0.717) is 27.7 Å². The van der Waals surface area contributed by atoms with Gasteiger partial charge in [-0.2, -0.15) is 0 Å². The molecule has 0 bridgehead atoms. The molecule has 1 N–H and O–H groups in total. The molecule has 0 saturated carbocycles. The molecule has 1 heterocycles. The number of H-pyrrole nitrogens is 1. The number of aromatic amines is 1. The number of hydrogen-bond donors (Lipinski definition) is 1. The van der Waals surface area contributed by atoms with Gasteiger partial charge in [0.2, 0.25) is 0 Å². The molecule has 3 rings (SSSR count). The standard InChI is InChI=1S/C17H13ClN4O3/c1-11-16(10-19-13-5-3-7-15(9-13)22(24)25)17(23)21(20-11)14-6-2-4-12(18)8-14/h2-10,20H,1H3. The lowest BCUT2D eigenvalue weighted by Gasteiger charge is -2.01. The zero-order valence-electron chi connectivity index (χ0n) is 13.1. The van der Waals surface area contributed by atoms with Gasteiger partial charge in [-0.1, -0.05) is 23.7 Å². The number of rotatable bonds is 4. The fourth-order valence-corrected chi connectivity index (χ4v) is 2.52. The summed E-state index contributed by atoms with van der Waals surface area (Å²) in [5.41, 5.74) is 1.65. The van der Waals surface area contributed by atoms with Crippen molar-refractivity contribution in [3.8, 4) is 5.69 Å². The number of non-ortho nitro benzene ring substituents is 1. The van der Waals surface area contributed by atoms with Crippen molar-refractivity contribution >= 4 is 29.2 Å². The summed E-state index contributed by atoms with van der Waals surface area (Å²) < 4.78 is 1.37. The normalized spacial score (nSPS) is 11.1. The van der Waals surface area contributed by atoms with Crippen LogP contribution in [0.15, 0.2) is 58.3 Å². The predicted molar refractivity (Wildman–Crippen MR) is 96.5 cm³/mol. The average molecular weight is 357 g/mol. The smallest absolute Gasteiger partial charge is 0.280 e. The van der Waals surface area contributed by atoms with Crippen molar-refractivity contribution in [2.45, 2.75) is 6.92 Å². The fraction of sp³-hybridized carbons (Fsp3) is 0.0588. The van der Waals surface area contributed by atoms with Gasteiger partial charge in [0.05, 0.1) is 21.9 Å². The van der Waals surface area contributed by atoms with Gasteiger partial charge in [-0.05, 0) is 31.2 Å². The zero-order chi connectivity index (χ0) is 18.0. The fourth-order valence-electron chi connectivity index (χ4n) is 2.33. The summed E-state index contributed by atoms with van der Waals surface area (Å²) in [4.78, 5) is 27.1. The van der Waals surface area contributed by atoms with E-state index in [2.05, 4.69) is 10.1 Å². The lowest BCUT2D eigenvalue weighted by molar-refractivity contribution is -0.384. The first-order valence-corrected chi connectivity index (χ1v) is 7.69. The molecule has 0 atom stereocenters. The lowest BCUT2D eigenvalue weighted by atomic mass is 10.2. The molecule has 0 unspecified atom stereocenters. The maximum absolute atomic E-state index is 12.6. The highest BCUT2D eigenvalue weighted by Gasteiger charge is 2.11. The molecule has 126 valence electrons. The molecule has 0 saturated heterocycles. The number of hydrogen-bond acceptors (Lipinski definition) is 4. The lowest BCUT2D eigenvalue weighted by Crippen LogP contribution is -2.17. The molecule has 0 amide bonds. The van der Waals surface area contributed by atoms with Crippen LogP contribution in [-0.2, 0) is 0 Å². The van der Waals surface area contributed by atoms with E-state index in [1.54, 1.807) is 43.3 Å². The van der Waals surface area contributed by atoms with Gasteiger partial charge in [0, 0.05) is 29.1 Å². The van der Waals surface area contributed by atoms with E-state index in [1.807, 2.05) is 0 Å². The van der Waals surface area contributed by atoms with Crippen LogP contribution >= 0.6 is 11.6 Å². The van der Waals surface area contributed by atoms with Gasteiger partial charge in [0.25, 0.3) is 11.2 Å². The second-order valence-electron chi connectivity index (χ2n) is 5.31. The summed E-state index contributed by atoms with van der Waals surface area (Å²) in [5.74, 6) is 0. The van der Waals surface area contributed by atoms with Gasteiger partial charge >= 0.3 is 0 Å². The minimum absolute atomic E-state index is 0.0585. The Morgan fingerprint density at radius 3 is 2.72 bits per heavy atom. The van der Waals surface area contributed by atoms with E-state index >= 15 is 0 Å². The van der Waals surface area contributed by atoms with E-state index in [4.69, 9.17) is 11.6 Å². The Balaban J connectivity index is 1.98. The number of nitrogens with zero attached hydrogens (tertiary/aromatic N) is 3. The third kappa shape index (κ3) is 3.51. The summed E-state index contributed by atoms with van der Waals surface area (Å²) in [7, 11) is 0. The minimum Gasteiger partial charge on any atom is -0.295 e. The highest BCUT2D eigenvalue weighted by molar-refractivity contribution is 6.30. The number of nitro groups is 1. The van der Waals surface area contributed by atoms with Gasteiger partial charge < -0.3 is 0 Å². The highest BCUT2D eigenvalue weighted by Crippen LogP contribution is 2.19. The highest BCUT2D eigenvalue weighted by atomic mass is 35.5. The number of aromatic nitrogens is 2. The third-order valence-electron chi connectivity index (χ3n) is 3.57. The number of halogens is 1. The van der Waals surface area contributed by atoms with E-state index in [0.717, 1.165) is 0 Å². The summed E-state index contributed by atoms with van der Waals surface area (Å²) in [5, 5.41) is 14.3. The van der Waals surface area contributed by atoms with E-state index < -0.39 is 4.92 Å². The average Bonchev–Trinajstić information content (AvgIpc) is 2.87. The first-order chi connectivity index (χ1) is 12.0. The van der Waals surface area contributed by atoms with Crippen molar-refractivity contribution in [2.24, 2.45) is 4.99 Å². The third-order valence-corrected chi connectivity index (χ3v) is 3.80. The molecule has 0 fully saturated rings. The number of benzene rings is 2. The first kappa shape index (κ1) is 16.7. The van der Waals surface area contributed by atoms with Crippen LogP contribution in [0.5, 0.6) is 0 Å². The SMILES string of the molecule is Cc1[nH]n(-c2cccc(Cl)c2)c(=O)c1C=Nc1cccc([N+](=O)[O-])c1. The molecule has 1 aromatic heterocycles. The molecule has 3 aromatic rings. The molecular formula is C17H13ClN4O3. The van der Waals surface area contributed by atoms with Gasteiger partial charge in [-0.25, -0.2) is 4.68 Å². The van der Waals surface area contributed by atoms with Crippen LogP contribution in [0.2, 0.25) is 5.02 Å². The summed E-state index contributed by atoms with van der Waals surface area (Å²) >= 11 is 5.96. The largest absolute Gasteiger partial charge is 0.295 e. The number of nitrogens with one attached hydrogen (secondary N) is 1. The Morgan fingerprint density at radius 1 is 1.24 bits per heavy atom. The molecule has 0 aliphatic carbocycles. The number of nitro benzene ring substituents is 1. The monoisotopic (exact) mass is 356 g/mol. The van der Waals surface area contributed by atoms with Crippen molar-refractivity contribution in [1.29, 1.82) is 0 Å². The molecular weight excluding hydrogens is 344 g/mol. The van der Waals surface area contributed by atoms with Crippen molar-refractivity contribution in [2.75, 3.05) is 0 Å². The summed E-state index contributed by atoms with van der Waals surface area (Å²) in [6.07, 6.45) is 1.40. The van der Waals surface area contributed by atoms with Crippen LogP contribution in [0, 0.1) is 17.0 Å². The van der Waals surface area contributed by atoms with Crippen LogP contribution in [0.1, 0.15) is 11.3 Å². The second kappa shape index (κ2) is 6.74. The van der Waals surface area contributed by atoms with Crippen LogP contribution in [0.3, 0.4) is 0 Å². The summed E-state index contributed by atoms with van der Waals surface area (Å²) in [6, 6.07) is 12.8. The minimum atomic E-state index is -0.493. The molecule has 0 spiro atoms. The Kier molecular flexibility index (Phi) is 4.49. The number of aliphatic imine (C=N–C) groups is 1. The Labute approximate surface area is 147 Å². The Hall–Kier alpha value is -3.19. The molecule has 2 aromatic carbocycles. The topological polar surface area (TPSA) is 93.3 Å². The first-order valence-electron chi connectivity index (χ1n) is 7.32. The molecule has 8 heteroatoms. The van der Waals surface area contributed by atoms with Crippen LogP contribution in [-0.4, -0.2) is 20.9 Å². The number of aryl methyl sites for hydroxylation is 1. The van der Waals surface area contributed by atoms with Crippen LogP contribution in [0.4, 0.5) is 11.4 Å². The maximum Gasteiger partial charge on any atom is 0.280 e. The van der Waals surface area contributed by atoms with Gasteiger partial charge in [-0.3, -0.25) is 25.0 Å². The second-order valence-corrected chi connectivity index (χ2v) is 5.74. The molecule has 0 aliphatic heterocycles. The van der Waals surface area contributed by atoms with Crippen molar-refractivity contribution in [3.05, 3.63) is 85.3 Å². The van der Waals surface area contributed by atoms with Gasteiger partial charge in [0.1, 0.15) is 0 Å². The van der Waals surface area contributed by atoms with Crippen LogP contribution in [0.25, 0.3) is 5.69 Å². The van der Waals surface area contributed by atoms with Crippen molar-refractivity contribution in [1.82, 2.24) is 9.78 Å². The molecule has 0 radical (unpaired) electrons. The zero-order valence-corrected chi connectivity index (χ0v) is 13.9. The molecule has 0 aliphatic rings. The van der Waals surface area contributed by atoms with E-state index in [9.17, 15) is 14.9 Å².